The molecule has 0 atom stereocenters. The van der Waals surface area contributed by atoms with E-state index in [9.17, 15) is 22.4 Å². The molecule has 1 saturated heterocycles. The molecule has 0 spiro atoms. The number of fused-ring (bicyclic) bond motifs is 1. The monoisotopic (exact) mass is 458 g/mol. The van der Waals surface area contributed by atoms with Crippen molar-refractivity contribution >= 4 is 22.4 Å². The van der Waals surface area contributed by atoms with Gasteiger partial charge in [0.2, 0.25) is 0 Å². The Morgan fingerprint density at radius 2 is 1.82 bits per heavy atom. The Morgan fingerprint density at radius 3 is 2.48 bits per heavy atom. The average Bonchev–Trinajstić information content (AvgIpc) is 2.75. The second kappa shape index (κ2) is 9.31. The van der Waals surface area contributed by atoms with Gasteiger partial charge < -0.3 is 4.74 Å². The first-order valence-corrected chi connectivity index (χ1v) is 10.5. The van der Waals surface area contributed by atoms with E-state index in [0.717, 1.165) is 28.6 Å². The van der Waals surface area contributed by atoms with Crippen LogP contribution in [-0.2, 0) is 6.18 Å². The number of aliphatic imine (C=N–C) groups is 1. The maximum atomic E-state index is 12.8. The van der Waals surface area contributed by atoms with E-state index in [1.165, 1.54) is 12.1 Å². The molecule has 8 heteroatoms. The van der Waals surface area contributed by atoms with Crippen molar-refractivity contribution in [1.29, 1.82) is 0 Å². The second-order valence-electron chi connectivity index (χ2n) is 8.02. The fourth-order valence-electron chi connectivity index (χ4n) is 3.77. The number of amides is 1. The number of carbonyl (C=O) groups excluding carboxylic acids is 1. The average molecular weight is 458 g/mol. The van der Waals surface area contributed by atoms with Gasteiger partial charge in [0.1, 0.15) is 18.2 Å². The van der Waals surface area contributed by atoms with Crippen LogP contribution in [0.25, 0.3) is 10.8 Å². The lowest BCUT2D eigenvalue weighted by molar-refractivity contribution is -0.137. The molecule has 0 unspecified atom stereocenters. The minimum absolute atomic E-state index is 0.157. The maximum Gasteiger partial charge on any atom is 0.416 e. The fraction of sp³-hybridized carbons (Fsp3) is 0.280. The number of carbonyl (C=O) groups is 1. The Hall–Kier alpha value is -3.26. The van der Waals surface area contributed by atoms with Crippen molar-refractivity contribution in [3.8, 4) is 11.5 Å². The quantitative estimate of drug-likeness (QED) is 0.329. The molecule has 0 aromatic heterocycles. The zero-order valence-electron chi connectivity index (χ0n) is 17.9. The predicted molar refractivity (Wildman–Crippen MR) is 119 cm³/mol. The van der Waals surface area contributed by atoms with E-state index in [1.54, 1.807) is 30.3 Å². The van der Waals surface area contributed by atoms with E-state index in [4.69, 9.17) is 4.74 Å². The highest BCUT2D eigenvalue weighted by Gasteiger charge is 2.30. The van der Waals surface area contributed by atoms with Crippen molar-refractivity contribution in [3.63, 3.8) is 0 Å². The van der Waals surface area contributed by atoms with Crippen LogP contribution >= 0.6 is 0 Å². The number of alkyl halides is 4. The largest absolute Gasteiger partial charge is 0.457 e. The zero-order chi connectivity index (χ0) is 23.6. The molecular formula is C25H22F4N2O2. The van der Waals surface area contributed by atoms with Crippen LogP contribution in [0.4, 0.5) is 17.6 Å². The molecule has 3 aromatic carbocycles. The number of hydrogen-bond donors (Lipinski definition) is 0. The molecule has 3 aromatic rings. The Morgan fingerprint density at radius 1 is 1.09 bits per heavy atom. The molecule has 4 rings (SSSR count). The van der Waals surface area contributed by atoms with Crippen LogP contribution < -0.4 is 4.74 Å². The van der Waals surface area contributed by atoms with Crippen LogP contribution in [0.1, 0.15) is 22.8 Å². The van der Waals surface area contributed by atoms with Crippen molar-refractivity contribution in [3.05, 3.63) is 71.8 Å². The van der Waals surface area contributed by atoms with Crippen LogP contribution in [-0.4, -0.2) is 42.8 Å². The van der Waals surface area contributed by atoms with E-state index < -0.39 is 11.7 Å². The van der Waals surface area contributed by atoms with Gasteiger partial charge in [0.05, 0.1) is 5.56 Å². The fourth-order valence-corrected chi connectivity index (χ4v) is 3.77. The molecular weight excluding hydrogens is 436 g/mol. The highest BCUT2D eigenvalue weighted by Crippen LogP contribution is 2.34. The molecule has 1 aliphatic heterocycles. The summed E-state index contributed by atoms with van der Waals surface area (Å²) in [5.41, 5.74) is 0.409. The normalized spacial score (nSPS) is 15.5. The van der Waals surface area contributed by atoms with Gasteiger partial charge in [-0.15, -0.1) is 0 Å². The molecule has 1 aliphatic rings. The molecule has 1 fully saturated rings. The van der Waals surface area contributed by atoms with Gasteiger partial charge in [0.15, 0.2) is 0 Å². The van der Waals surface area contributed by atoms with Gasteiger partial charge in [-0.3, -0.25) is 9.69 Å². The summed E-state index contributed by atoms with van der Waals surface area (Å²) >= 11 is 0. The van der Waals surface area contributed by atoms with E-state index in [0.29, 0.717) is 30.9 Å². The van der Waals surface area contributed by atoms with E-state index >= 15 is 0 Å². The number of nitrogens with zero attached hydrogens (tertiary/aromatic N) is 2. The Balaban J connectivity index is 1.50. The molecule has 4 nitrogen and oxygen atoms in total. The Labute approximate surface area is 188 Å². The lowest BCUT2D eigenvalue weighted by atomic mass is 9.95. The van der Waals surface area contributed by atoms with E-state index in [-0.39, 0.29) is 24.2 Å². The van der Waals surface area contributed by atoms with Crippen molar-refractivity contribution in [1.82, 2.24) is 4.90 Å². The van der Waals surface area contributed by atoms with Gasteiger partial charge in [-0.2, -0.15) is 13.2 Å². The molecule has 0 bridgehead atoms. The summed E-state index contributed by atoms with van der Waals surface area (Å²) in [5, 5.41) is 1.46. The van der Waals surface area contributed by atoms with Gasteiger partial charge in [-0.25, -0.2) is 9.38 Å². The molecule has 0 N–H and O–H groups in total. The SMILES string of the molecule is C/C(=N\C(=O)c1ccc2c(Oc3ccc(C(F)(F)F)cc3)cccc2c1)C1CN(CCF)C1. The zero-order valence-corrected chi connectivity index (χ0v) is 17.9. The third kappa shape index (κ3) is 5.22. The summed E-state index contributed by atoms with van der Waals surface area (Å²) in [4.78, 5) is 18.9. The molecule has 1 amide bonds. The minimum Gasteiger partial charge on any atom is -0.457 e. The Bertz CT molecular complexity index is 1180. The minimum atomic E-state index is -4.41. The van der Waals surface area contributed by atoms with Gasteiger partial charge in [-0.1, -0.05) is 12.1 Å². The van der Waals surface area contributed by atoms with Crippen molar-refractivity contribution in [2.75, 3.05) is 26.3 Å². The summed E-state index contributed by atoms with van der Waals surface area (Å²) in [6.45, 7) is 3.24. The van der Waals surface area contributed by atoms with Gasteiger partial charge >= 0.3 is 6.18 Å². The lowest BCUT2D eigenvalue weighted by Crippen LogP contribution is -2.50. The Kier molecular flexibility index (Phi) is 6.47. The van der Waals surface area contributed by atoms with Crippen LogP contribution in [0.2, 0.25) is 0 Å². The highest BCUT2D eigenvalue weighted by atomic mass is 19.4. The third-order valence-corrected chi connectivity index (χ3v) is 5.72. The van der Waals surface area contributed by atoms with Gasteiger partial charge in [0, 0.05) is 42.2 Å². The molecule has 33 heavy (non-hydrogen) atoms. The van der Waals surface area contributed by atoms with Crippen LogP contribution in [0, 0.1) is 5.92 Å². The van der Waals surface area contributed by atoms with Gasteiger partial charge in [-0.05, 0) is 60.8 Å². The van der Waals surface area contributed by atoms with Crippen molar-refractivity contribution in [2.45, 2.75) is 13.1 Å². The lowest BCUT2D eigenvalue weighted by Gasteiger charge is -2.38. The summed E-state index contributed by atoms with van der Waals surface area (Å²) in [6, 6.07) is 14.9. The number of benzene rings is 3. The summed E-state index contributed by atoms with van der Waals surface area (Å²) in [5.74, 6) is 0.545. The topological polar surface area (TPSA) is 41.9 Å². The number of likely N-dealkylation sites (tertiary alicyclic amines) is 1. The number of hydrogen-bond acceptors (Lipinski definition) is 3. The maximum absolute atomic E-state index is 12.8. The highest BCUT2D eigenvalue weighted by molar-refractivity contribution is 6.06. The van der Waals surface area contributed by atoms with Crippen LogP contribution in [0.15, 0.2) is 65.7 Å². The third-order valence-electron chi connectivity index (χ3n) is 5.72. The predicted octanol–water partition coefficient (Wildman–Crippen LogP) is 6.15. The molecule has 0 aliphatic carbocycles. The van der Waals surface area contributed by atoms with Crippen molar-refractivity contribution < 1.29 is 27.1 Å². The molecule has 0 saturated carbocycles. The first-order chi connectivity index (χ1) is 15.7. The van der Waals surface area contributed by atoms with Crippen molar-refractivity contribution in [2.24, 2.45) is 10.9 Å². The smallest absolute Gasteiger partial charge is 0.416 e. The number of halogens is 4. The van der Waals surface area contributed by atoms with E-state index in [1.807, 2.05) is 17.9 Å². The number of rotatable bonds is 6. The first-order valence-electron chi connectivity index (χ1n) is 10.5. The second-order valence-corrected chi connectivity index (χ2v) is 8.02. The van der Waals surface area contributed by atoms with Crippen LogP contribution in [0.5, 0.6) is 11.5 Å². The summed E-state index contributed by atoms with van der Waals surface area (Å²) in [6.07, 6.45) is -4.41. The van der Waals surface area contributed by atoms with Gasteiger partial charge in [0.25, 0.3) is 5.91 Å². The standard InChI is InChI=1S/C25H22F4N2O2/c1-16(19-14-31(15-19)12-11-26)30-24(32)18-5-10-22-17(13-18)3-2-4-23(22)33-21-8-6-20(7-9-21)25(27,28)29/h2-10,13,19H,11-12,14-15H2,1H3/b30-16+. The summed E-state index contributed by atoms with van der Waals surface area (Å²) < 4.78 is 56.5. The molecule has 0 radical (unpaired) electrons. The van der Waals surface area contributed by atoms with Crippen LogP contribution in [0.3, 0.4) is 0 Å². The van der Waals surface area contributed by atoms with E-state index in [2.05, 4.69) is 4.99 Å². The molecule has 172 valence electrons. The first kappa shape index (κ1) is 22.9. The number of ether oxygens (including phenoxy) is 1. The summed E-state index contributed by atoms with van der Waals surface area (Å²) in [7, 11) is 0. The molecule has 1 heterocycles.